The van der Waals surface area contributed by atoms with Crippen LogP contribution in [-0.4, -0.2) is 20.2 Å². The minimum Gasteiger partial charge on any atom is -0.302 e. The highest BCUT2D eigenvalue weighted by molar-refractivity contribution is 5.59. The van der Waals surface area contributed by atoms with Crippen LogP contribution in [-0.2, 0) is 0 Å². The molecular weight excluding hydrogens is 252 g/mol. The van der Waals surface area contributed by atoms with Crippen LogP contribution in [0.3, 0.4) is 0 Å². The van der Waals surface area contributed by atoms with Crippen molar-refractivity contribution in [2.45, 2.75) is 6.92 Å². The number of rotatable bonds is 2. The summed E-state index contributed by atoms with van der Waals surface area (Å²) in [4.78, 5) is 19.0. The first kappa shape index (κ1) is 12.2. The van der Waals surface area contributed by atoms with Crippen molar-refractivity contribution >= 4 is 0 Å². The van der Waals surface area contributed by atoms with E-state index in [1.165, 1.54) is 0 Å². The largest absolute Gasteiger partial charge is 0.302 e. The zero-order valence-corrected chi connectivity index (χ0v) is 10.9. The second-order valence-electron chi connectivity index (χ2n) is 4.43. The Hall–Kier alpha value is -2.82. The van der Waals surface area contributed by atoms with Gasteiger partial charge in [-0.3, -0.25) is 9.78 Å². The third-order valence-corrected chi connectivity index (χ3v) is 2.93. The summed E-state index contributed by atoms with van der Waals surface area (Å²) in [5, 5.41) is 8.06. The Bertz CT molecular complexity index is 779. The Balaban J connectivity index is 2.04. The summed E-state index contributed by atoms with van der Waals surface area (Å²) in [5.41, 5.74) is 2.50. The van der Waals surface area contributed by atoms with Crippen molar-refractivity contribution in [2.75, 3.05) is 0 Å². The molecule has 0 amide bonds. The molecule has 0 saturated carbocycles. The zero-order valence-electron chi connectivity index (χ0n) is 10.9. The summed E-state index contributed by atoms with van der Waals surface area (Å²) in [6, 6.07) is 13.0. The number of nitrogens with one attached hydrogen (secondary N) is 1. The minimum atomic E-state index is -0.274. The van der Waals surface area contributed by atoms with Gasteiger partial charge in [0.1, 0.15) is 5.69 Å². The second kappa shape index (κ2) is 5.05. The molecule has 0 saturated heterocycles. The lowest BCUT2D eigenvalue weighted by atomic mass is 10.1. The molecule has 1 aromatic carbocycles. The molecule has 2 heterocycles. The van der Waals surface area contributed by atoms with Crippen molar-refractivity contribution in [1.29, 1.82) is 0 Å². The molecule has 2 aromatic heterocycles. The van der Waals surface area contributed by atoms with E-state index < -0.39 is 0 Å². The number of aryl methyl sites for hydroxylation is 1. The monoisotopic (exact) mass is 264 g/mol. The number of aromatic nitrogens is 4. The summed E-state index contributed by atoms with van der Waals surface area (Å²) in [5.74, 6) is 0.367. The zero-order chi connectivity index (χ0) is 13.9. The van der Waals surface area contributed by atoms with Gasteiger partial charge in [0, 0.05) is 11.8 Å². The molecule has 5 nitrogen and oxygen atoms in total. The molecule has 0 radical (unpaired) electrons. The maximum atomic E-state index is 12.1. The second-order valence-corrected chi connectivity index (χ2v) is 4.43. The molecule has 5 heteroatoms. The first-order chi connectivity index (χ1) is 9.74. The topological polar surface area (TPSA) is 71.5 Å². The van der Waals surface area contributed by atoms with Crippen LogP contribution in [0, 0.1) is 6.92 Å². The van der Waals surface area contributed by atoms with Crippen LogP contribution < -0.4 is 5.56 Å². The molecule has 0 unspecified atom stereocenters. The third-order valence-electron chi connectivity index (χ3n) is 2.93. The highest BCUT2D eigenvalue weighted by atomic mass is 16.1. The lowest BCUT2D eigenvalue weighted by Crippen LogP contribution is -2.14. The fourth-order valence-electron chi connectivity index (χ4n) is 1.86. The third kappa shape index (κ3) is 2.33. The summed E-state index contributed by atoms with van der Waals surface area (Å²) in [7, 11) is 0. The Labute approximate surface area is 115 Å². The Morgan fingerprint density at radius 3 is 2.45 bits per heavy atom. The molecule has 20 heavy (non-hydrogen) atoms. The maximum absolute atomic E-state index is 12.1. The quantitative estimate of drug-likeness (QED) is 0.770. The van der Waals surface area contributed by atoms with Gasteiger partial charge in [-0.05, 0) is 19.1 Å². The molecule has 0 fully saturated rings. The maximum Gasteiger partial charge on any atom is 0.278 e. The molecular formula is C15H12N4O. The average Bonchev–Trinajstić information content (AvgIpc) is 2.49. The summed E-state index contributed by atoms with van der Waals surface area (Å²) in [6.07, 6.45) is 1.64. The highest BCUT2D eigenvalue weighted by Gasteiger charge is 2.09. The minimum absolute atomic E-state index is 0.274. The van der Waals surface area contributed by atoms with E-state index in [1.54, 1.807) is 18.3 Å². The van der Waals surface area contributed by atoms with Gasteiger partial charge in [0.05, 0.1) is 0 Å². The van der Waals surface area contributed by atoms with Gasteiger partial charge in [-0.15, -0.1) is 10.2 Å². The van der Waals surface area contributed by atoms with Crippen LogP contribution in [0.25, 0.3) is 22.8 Å². The summed E-state index contributed by atoms with van der Waals surface area (Å²) in [6.45, 7) is 1.99. The molecule has 0 aliphatic carbocycles. The van der Waals surface area contributed by atoms with E-state index in [0.717, 1.165) is 11.1 Å². The Morgan fingerprint density at radius 1 is 1.00 bits per heavy atom. The smallest absolute Gasteiger partial charge is 0.278 e. The standard InChI is InChI=1S/C15H12N4O/c1-10-5-7-11(8-6-10)13-15(20)17-14(19-18-13)12-4-2-3-9-16-12/h2-9H,1H3,(H,17,19,20). The number of pyridine rings is 1. The van der Waals surface area contributed by atoms with Gasteiger partial charge in [-0.25, -0.2) is 0 Å². The van der Waals surface area contributed by atoms with E-state index in [-0.39, 0.29) is 5.56 Å². The van der Waals surface area contributed by atoms with Gasteiger partial charge in [0.25, 0.3) is 5.56 Å². The summed E-state index contributed by atoms with van der Waals surface area (Å²) >= 11 is 0. The van der Waals surface area contributed by atoms with Crippen molar-refractivity contribution in [2.24, 2.45) is 0 Å². The van der Waals surface area contributed by atoms with Gasteiger partial charge in [0.2, 0.25) is 0 Å². The van der Waals surface area contributed by atoms with Crippen molar-refractivity contribution in [3.63, 3.8) is 0 Å². The van der Waals surface area contributed by atoms with E-state index in [1.807, 2.05) is 37.3 Å². The van der Waals surface area contributed by atoms with Crippen LogP contribution in [0.5, 0.6) is 0 Å². The SMILES string of the molecule is Cc1ccc(-c2nnc(-c3ccccn3)[nH]c2=O)cc1. The van der Waals surface area contributed by atoms with Crippen LogP contribution >= 0.6 is 0 Å². The van der Waals surface area contributed by atoms with Crippen molar-refractivity contribution in [1.82, 2.24) is 20.2 Å². The number of hydrogen-bond acceptors (Lipinski definition) is 4. The Morgan fingerprint density at radius 2 is 1.80 bits per heavy atom. The van der Waals surface area contributed by atoms with E-state index in [2.05, 4.69) is 20.2 Å². The predicted molar refractivity (Wildman–Crippen MR) is 76.1 cm³/mol. The van der Waals surface area contributed by atoms with Gasteiger partial charge in [0.15, 0.2) is 11.5 Å². The number of H-pyrrole nitrogens is 1. The average molecular weight is 264 g/mol. The number of benzene rings is 1. The predicted octanol–water partition coefficient (Wildman–Crippen LogP) is 2.20. The lowest BCUT2D eigenvalue weighted by Gasteiger charge is -2.02. The lowest BCUT2D eigenvalue weighted by molar-refractivity contribution is 0.954. The van der Waals surface area contributed by atoms with Crippen LogP contribution in [0.15, 0.2) is 53.5 Å². The fourth-order valence-corrected chi connectivity index (χ4v) is 1.86. The molecule has 0 atom stereocenters. The first-order valence-corrected chi connectivity index (χ1v) is 6.19. The van der Waals surface area contributed by atoms with Crippen LogP contribution in [0.2, 0.25) is 0 Å². The van der Waals surface area contributed by atoms with Crippen molar-refractivity contribution < 1.29 is 0 Å². The van der Waals surface area contributed by atoms with Crippen LogP contribution in [0.4, 0.5) is 0 Å². The van der Waals surface area contributed by atoms with E-state index in [4.69, 9.17) is 0 Å². The van der Waals surface area contributed by atoms with Gasteiger partial charge >= 0.3 is 0 Å². The molecule has 98 valence electrons. The van der Waals surface area contributed by atoms with E-state index in [0.29, 0.717) is 17.2 Å². The molecule has 1 N–H and O–H groups in total. The fraction of sp³-hybridized carbons (Fsp3) is 0.0667. The van der Waals surface area contributed by atoms with Crippen molar-refractivity contribution in [3.8, 4) is 22.8 Å². The van der Waals surface area contributed by atoms with Crippen LogP contribution in [0.1, 0.15) is 5.56 Å². The number of aromatic amines is 1. The number of hydrogen-bond donors (Lipinski definition) is 1. The van der Waals surface area contributed by atoms with E-state index in [9.17, 15) is 4.79 Å². The molecule has 0 spiro atoms. The van der Waals surface area contributed by atoms with E-state index >= 15 is 0 Å². The number of nitrogens with zero attached hydrogens (tertiary/aromatic N) is 3. The Kier molecular flexibility index (Phi) is 3.09. The summed E-state index contributed by atoms with van der Waals surface area (Å²) < 4.78 is 0. The molecule has 0 bridgehead atoms. The van der Waals surface area contributed by atoms with Crippen molar-refractivity contribution in [3.05, 3.63) is 64.6 Å². The van der Waals surface area contributed by atoms with Gasteiger partial charge in [-0.2, -0.15) is 0 Å². The molecule has 3 rings (SSSR count). The normalized spacial score (nSPS) is 10.4. The highest BCUT2D eigenvalue weighted by Crippen LogP contribution is 2.14. The molecule has 0 aliphatic rings. The van der Waals surface area contributed by atoms with Gasteiger partial charge in [-0.1, -0.05) is 35.9 Å². The molecule has 3 aromatic rings. The van der Waals surface area contributed by atoms with Gasteiger partial charge < -0.3 is 4.98 Å². The molecule has 0 aliphatic heterocycles. The first-order valence-electron chi connectivity index (χ1n) is 6.19.